The van der Waals surface area contributed by atoms with Crippen molar-refractivity contribution in [1.29, 1.82) is 0 Å². The molecule has 0 aromatic rings. The fourth-order valence-corrected chi connectivity index (χ4v) is 13.4. The molecule has 2 unspecified atom stereocenters. The summed E-state index contributed by atoms with van der Waals surface area (Å²) in [6.07, 6.45) is 63.3. The van der Waals surface area contributed by atoms with Crippen molar-refractivity contribution in [2.24, 2.45) is 11.8 Å². The third kappa shape index (κ3) is 73.6. The number of hydrogen-bond donors (Lipinski definition) is 3. The van der Waals surface area contributed by atoms with Gasteiger partial charge in [0.05, 0.1) is 26.4 Å². The number of carbonyl (C=O) groups excluding carboxylic acids is 4. The van der Waals surface area contributed by atoms with Gasteiger partial charge in [0.15, 0.2) is 12.2 Å². The molecule has 0 rings (SSSR count). The molecule has 19 heteroatoms. The van der Waals surface area contributed by atoms with E-state index in [0.29, 0.717) is 25.7 Å². The SMILES string of the molecule is CCCCCC/C=C\C=C/CCCCCCCC(=O)O[C@H](COC(=O)CCCCCCCCCC)COP(=O)(O)OC[C@H](O)COP(=O)(O)OC[C@@H](COC(=O)CCCCCCCCCCCCCCCCC(C)C)OC(=O)CCCCCCCCCCCCCCCCCCC(C)C. The predicted octanol–water partition coefficient (Wildman–Crippen LogP) is 23.4. The van der Waals surface area contributed by atoms with E-state index < -0.39 is 97.5 Å². The molecule has 0 fully saturated rings. The second-order valence-corrected chi connectivity index (χ2v) is 32.0. The van der Waals surface area contributed by atoms with Gasteiger partial charge in [-0.15, -0.1) is 0 Å². The Morgan fingerprint density at radius 2 is 0.545 bits per heavy atom. The van der Waals surface area contributed by atoms with E-state index in [9.17, 15) is 43.2 Å². The van der Waals surface area contributed by atoms with Gasteiger partial charge in [0.1, 0.15) is 19.3 Å². The molecule has 5 atom stereocenters. The smallest absolute Gasteiger partial charge is 0.462 e. The lowest BCUT2D eigenvalue weighted by Crippen LogP contribution is -2.30. The van der Waals surface area contributed by atoms with Crippen LogP contribution in [0.15, 0.2) is 24.3 Å². The first kappa shape index (κ1) is 96.5. The molecular formula is C80H152O17P2. The average Bonchev–Trinajstić information content (AvgIpc) is 1.16. The number of aliphatic hydroxyl groups excluding tert-OH is 1. The van der Waals surface area contributed by atoms with E-state index in [1.807, 2.05) is 0 Å². The lowest BCUT2D eigenvalue weighted by atomic mass is 10.0. The van der Waals surface area contributed by atoms with Gasteiger partial charge in [0.25, 0.3) is 0 Å². The Balaban J connectivity index is 5.24. The minimum atomic E-state index is -4.96. The Kier molecular flexibility index (Phi) is 69.4. The topological polar surface area (TPSA) is 237 Å². The van der Waals surface area contributed by atoms with Gasteiger partial charge in [-0.05, 0) is 63.2 Å². The molecule has 0 aliphatic rings. The molecule has 0 aromatic carbocycles. The van der Waals surface area contributed by atoms with Crippen LogP contribution in [-0.4, -0.2) is 96.7 Å². The van der Waals surface area contributed by atoms with Crippen molar-refractivity contribution >= 4 is 39.5 Å². The third-order valence-corrected chi connectivity index (χ3v) is 20.0. The molecule has 0 heterocycles. The monoisotopic (exact) mass is 1450 g/mol. The number of hydrogen-bond acceptors (Lipinski definition) is 15. The van der Waals surface area contributed by atoms with Crippen LogP contribution in [0.4, 0.5) is 0 Å². The first-order chi connectivity index (χ1) is 47.9. The molecule has 3 N–H and O–H groups in total. The Labute approximate surface area is 605 Å². The van der Waals surface area contributed by atoms with E-state index in [0.717, 1.165) is 121 Å². The number of rotatable bonds is 77. The van der Waals surface area contributed by atoms with Crippen LogP contribution in [0.2, 0.25) is 0 Å². The van der Waals surface area contributed by atoms with Crippen molar-refractivity contribution in [3.8, 4) is 0 Å². The summed E-state index contributed by atoms with van der Waals surface area (Å²) >= 11 is 0. The molecule has 99 heavy (non-hydrogen) atoms. The summed E-state index contributed by atoms with van der Waals surface area (Å²) in [6, 6.07) is 0. The minimum absolute atomic E-state index is 0.0850. The van der Waals surface area contributed by atoms with Crippen LogP contribution < -0.4 is 0 Å². The molecule has 0 aromatic heterocycles. The van der Waals surface area contributed by atoms with E-state index in [2.05, 4.69) is 65.8 Å². The number of esters is 4. The number of phosphoric ester groups is 2. The summed E-state index contributed by atoms with van der Waals surface area (Å²) in [5, 5.41) is 10.6. The quantitative estimate of drug-likeness (QED) is 0.0169. The summed E-state index contributed by atoms with van der Waals surface area (Å²) in [7, 11) is -9.93. The summed E-state index contributed by atoms with van der Waals surface area (Å²) in [5.74, 6) is -0.537. The maximum Gasteiger partial charge on any atom is 0.472 e. The van der Waals surface area contributed by atoms with Crippen molar-refractivity contribution < 1.29 is 80.2 Å². The fraction of sp³-hybridized carbons (Fsp3) is 0.900. The summed E-state index contributed by atoms with van der Waals surface area (Å²) in [4.78, 5) is 72.9. The molecule has 0 saturated carbocycles. The molecule has 0 saturated heterocycles. The number of aliphatic hydroxyl groups is 1. The van der Waals surface area contributed by atoms with E-state index in [-0.39, 0.29) is 25.7 Å². The molecule has 0 aliphatic heterocycles. The molecule has 584 valence electrons. The Morgan fingerprint density at radius 3 is 0.828 bits per heavy atom. The summed E-state index contributed by atoms with van der Waals surface area (Å²) in [5.41, 5.74) is 0. The molecule has 0 radical (unpaired) electrons. The van der Waals surface area contributed by atoms with Gasteiger partial charge in [-0.3, -0.25) is 37.3 Å². The van der Waals surface area contributed by atoms with Gasteiger partial charge >= 0.3 is 39.5 Å². The molecule has 0 spiro atoms. The van der Waals surface area contributed by atoms with Crippen LogP contribution >= 0.6 is 15.6 Å². The number of carbonyl (C=O) groups is 4. The van der Waals surface area contributed by atoms with E-state index in [4.69, 9.17) is 37.0 Å². The van der Waals surface area contributed by atoms with E-state index in [1.165, 1.54) is 193 Å². The number of phosphoric acid groups is 2. The summed E-state index contributed by atoms with van der Waals surface area (Å²) in [6.45, 7) is 9.58. The van der Waals surface area contributed by atoms with E-state index >= 15 is 0 Å². The lowest BCUT2D eigenvalue weighted by molar-refractivity contribution is -0.161. The van der Waals surface area contributed by atoms with Crippen LogP contribution in [0, 0.1) is 11.8 Å². The summed E-state index contributed by atoms with van der Waals surface area (Å²) < 4.78 is 68.6. The minimum Gasteiger partial charge on any atom is -0.462 e. The molecule has 0 bridgehead atoms. The molecule has 0 amide bonds. The molecule has 17 nitrogen and oxygen atoms in total. The number of allylic oxidation sites excluding steroid dienone is 4. The van der Waals surface area contributed by atoms with Gasteiger partial charge in [-0.1, -0.05) is 342 Å². The van der Waals surface area contributed by atoms with Gasteiger partial charge in [0.2, 0.25) is 0 Å². The van der Waals surface area contributed by atoms with Crippen molar-refractivity contribution in [3.63, 3.8) is 0 Å². The zero-order valence-electron chi connectivity index (χ0n) is 64.3. The maximum absolute atomic E-state index is 13.1. The average molecular weight is 1450 g/mol. The van der Waals surface area contributed by atoms with E-state index in [1.54, 1.807) is 0 Å². The predicted molar refractivity (Wildman–Crippen MR) is 404 cm³/mol. The van der Waals surface area contributed by atoms with Gasteiger partial charge in [0, 0.05) is 25.7 Å². The first-order valence-electron chi connectivity index (χ1n) is 40.8. The zero-order valence-corrected chi connectivity index (χ0v) is 66.1. The third-order valence-electron chi connectivity index (χ3n) is 18.1. The van der Waals surface area contributed by atoms with Crippen molar-refractivity contribution in [2.45, 2.75) is 413 Å². The Hall–Kier alpha value is -2.46. The van der Waals surface area contributed by atoms with Crippen molar-refractivity contribution in [2.75, 3.05) is 39.6 Å². The molecular weight excluding hydrogens is 1290 g/mol. The Morgan fingerprint density at radius 1 is 0.313 bits per heavy atom. The second-order valence-electron chi connectivity index (χ2n) is 29.1. The maximum atomic E-state index is 13.1. The molecule has 0 aliphatic carbocycles. The zero-order chi connectivity index (χ0) is 72.8. The highest BCUT2D eigenvalue weighted by atomic mass is 31.2. The van der Waals surface area contributed by atoms with Crippen LogP contribution in [0.5, 0.6) is 0 Å². The van der Waals surface area contributed by atoms with Gasteiger partial charge < -0.3 is 33.8 Å². The van der Waals surface area contributed by atoms with Gasteiger partial charge in [-0.25, -0.2) is 9.13 Å². The number of unbranched alkanes of at least 4 members (excludes halogenated alkanes) is 44. The lowest BCUT2D eigenvalue weighted by Gasteiger charge is -2.21. The van der Waals surface area contributed by atoms with Crippen LogP contribution in [0.3, 0.4) is 0 Å². The standard InChI is InChI=1S/C80H152O17P2/c1-7-9-11-13-15-17-18-19-22-30-35-40-46-52-58-64-79(84)96-75(68-90-77(82)62-56-50-44-16-14-12-10-8-2)70-94-98(86,87)92-66-74(81)67-93-99(88,89)95-71-76(69-91-78(83)63-57-51-45-39-34-29-26-25-28-33-38-43-49-55-61-73(5)6)97-80(85)65-59-53-47-41-36-31-24-21-20-23-27-32-37-42-48-54-60-72(3)4/h17-19,22,72-76,81H,7-16,20-21,23-71H2,1-6H3,(H,86,87)(H,88,89)/b18-17-,22-19-/t74-,75+,76+/m0/s1. The van der Waals surface area contributed by atoms with Crippen LogP contribution in [-0.2, 0) is 65.4 Å². The number of ether oxygens (including phenoxy) is 4. The fourth-order valence-electron chi connectivity index (χ4n) is 11.8. The van der Waals surface area contributed by atoms with Crippen molar-refractivity contribution in [1.82, 2.24) is 0 Å². The van der Waals surface area contributed by atoms with Crippen molar-refractivity contribution in [3.05, 3.63) is 24.3 Å². The highest BCUT2D eigenvalue weighted by Gasteiger charge is 2.30. The van der Waals surface area contributed by atoms with Gasteiger partial charge in [-0.2, -0.15) is 0 Å². The Bertz CT molecular complexity index is 2000. The first-order valence-corrected chi connectivity index (χ1v) is 43.8. The highest BCUT2D eigenvalue weighted by molar-refractivity contribution is 7.47. The van der Waals surface area contributed by atoms with Crippen LogP contribution in [0.1, 0.15) is 395 Å². The largest absolute Gasteiger partial charge is 0.472 e. The second kappa shape index (κ2) is 71.2. The normalized spacial score (nSPS) is 14.1. The highest BCUT2D eigenvalue weighted by Crippen LogP contribution is 2.45. The van der Waals surface area contributed by atoms with Crippen LogP contribution in [0.25, 0.3) is 0 Å².